The normalized spacial score (nSPS) is 15.6. The number of carbonyl (C=O) groups is 3. The molecule has 4 rings (SSSR count). The topological polar surface area (TPSA) is 126 Å². The number of ether oxygens (including phenoxy) is 1. The lowest BCUT2D eigenvalue weighted by Gasteiger charge is -2.39. The van der Waals surface area contributed by atoms with Gasteiger partial charge in [0.2, 0.25) is 0 Å². The van der Waals surface area contributed by atoms with Crippen molar-refractivity contribution >= 4 is 52.4 Å². The molecule has 1 aliphatic rings. The molecule has 0 spiro atoms. The molecular weight excluding hydrogens is 559 g/mol. The number of nitrogens with one attached hydrogen (secondary N) is 1. The molecule has 40 heavy (non-hydrogen) atoms. The minimum Gasteiger partial charge on any atom is -0.451 e. The molecule has 0 aliphatic carbocycles. The Morgan fingerprint density at radius 1 is 1.18 bits per heavy atom. The first-order valence-electron chi connectivity index (χ1n) is 12.5. The number of benzene rings is 1. The lowest BCUT2D eigenvalue weighted by atomic mass is 10.1. The van der Waals surface area contributed by atoms with Crippen LogP contribution in [0, 0.1) is 6.92 Å². The molecule has 12 nitrogen and oxygen atoms in total. The van der Waals surface area contributed by atoms with Crippen LogP contribution in [-0.2, 0) is 9.53 Å². The lowest BCUT2D eigenvalue weighted by Crippen LogP contribution is -2.50. The van der Waals surface area contributed by atoms with Crippen molar-refractivity contribution in [3.63, 3.8) is 0 Å². The van der Waals surface area contributed by atoms with Crippen molar-refractivity contribution in [1.82, 2.24) is 29.8 Å². The predicted molar refractivity (Wildman–Crippen MR) is 152 cm³/mol. The molecule has 1 atom stereocenters. The van der Waals surface area contributed by atoms with Gasteiger partial charge in [-0.15, -0.1) is 5.10 Å². The summed E-state index contributed by atoms with van der Waals surface area (Å²) >= 11 is 12.6. The Kier molecular flexibility index (Phi) is 8.92. The monoisotopic (exact) mass is 588 g/mol. The third kappa shape index (κ3) is 6.35. The molecule has 2 amide bonds. The van der Waals surface area contributed by atoms with Gasteiger partial charge >= 0.3 is 5.97 Å². The van der Waals surface area contributed by atoms with E-state index in [9.17, 15) is 14.4 Å². The molecule has 2 aromatic heterocycles. The third-order valence-corrected chi connectivity index (χ3v) is 7.65. The van der Waals surface area contributed by atoms with Crippen molar-refractivity contribution in [1.29, 1.82) is 0 Å². The van der Waals surface area contributed by atoms with E-state index in [0.29, 0.717) is 23.1 Å². The molecule has 14 heteroatoms. The Bertz CT molecular complexity index is 1440. The molecule has 0 bridgehead atoms. The number of piperazine rings is 1. The van der Waals surface area contributed by atoms with Crippen LogP contribution in [0.4, 0.5) is 11.4 Å². The standard InChI is InChI=1S/C26H30Cl2N8O4/c1-15-12-35(9-8-34(15)5)21-7-6-17(36-13-20(31-32-36)26(39)40-14-22(37)33(3)4)10-19(21)30-25(38)18-11-29-16(2)23(27)24(18)28/h6-7,10-11,13,15H,8-9,12,14H2,1-5H3,(H,30,38)/t15-/m0/s1. The average Bonchev–Trinajstić information content (AvgIpc) is 3.42. The summed E-state index contributed by atoms with van der Waals surface area (Å²) in [5.74, 6) is -1.62. The van der Waals surface area contributed by atoms with Crippen LogP contribution in [0.2, 0.25) is 10.0 Å². The maximum absolute atomic E-state index is 13.3. The maximum atomic E-state index is 13.3. The van der Waals surface area contributed by atoms with Crippen LogP contribution in [0.15, 0.2) is 30.6 Å². The summed E-state index contributed by atoms with van der Waals surface area (Å²) in [5, 5.41) is 11.2. The molecular formula is C26H30Cl2N8O4. The van der Waals surface area contributed by atoms with Gasteiger partial charge in [-0.05, 0) is 39.1 Å². The van der Waals surface area contributed by atoms with Gasteiger partial charge in [-0.2, -0.15) is 0 Å². The highest BCUT2D eigenvalue weighted by Crippen LogP contribution is 2.33. The quantitative estimate of drug-likeness (QED) is 0.414. The Hall–Kier alpha value is -3.74. The third-order valence-electron chi connectivity index (χ3n) is 6.70. The van der Waals surface area contributed by atoms with E-state index < -0.39 is 18.5 Å². The van der Waals surface area contributed by atoms with Gasteiger partial charge in [0, 0.05) is 46.0 Å². The number of hydrogen-bond acceptors (Lipinski definition) is 9. The second kappa shape index (κ2) is 12.2. The number of amides is 2. The van der Waals surface area contributed by atoms with Gasteiger partial charge in [0.1, 0.15) is 0 Å². The first-order chi connectivity index (χ1) is 19.0. The molecule has 1 aromatic carbocycles. The van der Waals surface area contributed by atoms with Crippen molar-refractivity contribution in [2.45, 2.75) is 19.9 Å². The smallest absolute Gasteiger partial charge is 0.361 e. The summed E-state index contributed by atoms with van der Waals surface area (Å²) in [6.45, 7) is 5.79. The fraction of sp³-hybridized carbons (Fsp3) is 0.385. The predicted octanol–water partition coefficient (Wildman–Crippen LogP) is 2.92. The molecule has 1 saturated heterocycles. The van der Waals surface area contributed by atoms with Crippen molar-refractivity contribution in [2.75, 3.05) is 57.6 Å². The first-order valence-corrected chi connectivity index (χ1v) is 13.2. The summed E-state index contributed by atoms with van der Waals surface area (Å²) in [6, 6.07) is 5.72. The molecule has 0 saturated carbocycles. The SMILES string of the molecule is Cc1ncc(C(=O)Nc2cc(-n3cc(C(=O)OCC(=O)N(C)C)nn3)ccc2N2CCN(C)[C@@H](C)C2)c(Cl)c1Cl. The van der Waals surface area contributed by atoms with Crippen LogP contribution < -0.4 is 10.2 Å². The van der Waals surface area contributed by atoms with Crippen molar-refractivity contribution < 1.29 is 19.1 Å². The van der Waals surface area contributed by atoms with Crippen molar-refractivity contribution in [3.05, 3.63) is 57.6 Å². The Labute approximate surface area is 241 Å². The van der Waals surface area contributed by atoms with Crippen LogP contribution >= 0.6 is 23.2 Å². The Morgan fingerprint density at radius 3 is 2.62 bits per heavy atom. The van der Waals surface area contributed by atoms with E-state index in [1.54, 1.807) is 27.1 Å². The number of hydrogen-bond donors (Lipinski definition) is 1. The summed E-state index contributed by atoms with van der Waals surface area (Å²) in [6.07, 6.45) is 2.78. The Morgan fingerprint density at radius 2 is 1.93 bits per heavy atom. The first kappa shape index (κ1) is 29.2. The number of aromatic nitrogens is 4. The molecule has 1 fully saturated rings. The summed E-state index contributed by atoms with van der Waals surface area (Å²) in [7, 11) is 5.20. The highest BCUT2D eigenvalue weighted by molar-refractivity contribution is 6.44. The zero-order chi connectivity index (χ0) is 29.1. The molecule has 1 N–H and O–H groups in total. The van der Waals surface area contributed by atoms with Crippen molar-refractivity contribution in [3.8, 4) is 5.69 Å². The van der Waals surface area contributed by atoms with E-state index >= 15 is 0 Å². The number of rotatable bonds is 7. The van der Waals surface area contributed by atoms with Crippen molar-refractivity contribution in [2.24, 2.45) is 0 Å². The summed E-state index contributed by atoms with van der Waals surface area (Å²) < 4.78 is 6.41. The number of nitrogens with zero attached hydrogens (tertiary/aromatic N) is 7. The number of pyridine rings is 1. The molecule has 1 aliphatic heterocycles. The van der Waals surface area contributed by atoms with E-state index in [1.807, 2.05) is 12.1 Å². The van der Waals surface area contributed by atoms with E-state index in [1.165, 1.54) is 22.0 Å². The highest BCUT2D eigenvalue weighted by atomic mass is 35.5. The van der Waals surface area contributed by atoms with Gasteiger partial charge in [0.25, 0.3) is 11.8 Å². The van der Waals surface area contributed by atoms with Gasteiger partial charge in [-0.25, -0.2) is 9.48 Å². The van der Waals surface area contributed by atoms with Gasteiger partial charge in [-0.3, -0.25) is 14.6 Å². The molecule has 212 valence electrons. The van der Waals surface area contributed by atoms with E-state index in [0.717, 1.165) is 25.3 Å². The van der Waals surface area contributed by atoms with E-state index in [2.05, 4.69) is 44.4 Å². The number of anilines is 2. The second-order valence-electron chi connectivity index (χ2n) is 9.73. The molecule has 3 aromatic rings. The summed E-state index contributed by atoms with van der Waals surface area (Å²) in [4.78, 5) is 47.4. The molecule has 0 unspecified atom stereocenters. The van der Waals surface area contributed by atoms with Gasteiger partial charge in [0.05, 0.1) is 44.6 Å². The summed E-state index contributed by atoms with van der Waals surface area (Å²) in [5.41, 5.74) is 2.43. The van der Waals surface area contributed by atoms with Crippen LogP contribution in [0.3, 0.4) is 0 Å². The van der Waals surface area contributed by atoms with Crippen LogP contribution in [0.1, 0.15) is 33.5 Å². The van der Waals surface area contributed by atoms with Gasteiger partial charge < -0.3 is 24.8 Å². The zero-order valence-electron chi connectivity index (χ0n) is 22.8. The lowest BCUT2D eigenvalue weighted by molar-refractivity contribution is -0.131. The van der Waals surface area contributed by atoms with Gasteiger partial charge in [0.15, 0.2) is 12.3 Å². The molecule has 3 heterocycles. The largest absolute Gasteiger partial charge is 0.451 e. The number of likely N-dealkylation sites (N-methyl/N-ethyl adjacent to an activating group) is 2. The van der Waals surface area contributed by atoms with E-state index in [4.69, 9.17) is 27.9 Å². The average molecular weight is 589 g/mol. The minimum atomic E-state index is -0.781. The number of esters is 1. The van der Waals surface area contributed by atoms with Gasteiger partial charge in [-0.1, -0.05) is 28.4 Å². The molecule has 0 radical (unpaired) electrons. The van der Waals surface area contributed by atoms with Crippen LogP contribution in [0.5, 0.6) is 0 Å². The van der Waals surface area contributed by atoms with E-state index in [-0.39, 0.29) is 27.2 Å². The number of carbonyl (C=O) groups excluding carboxylic acids is 3. The van der Waals surface area contributed by atoms with Crippen LogP contribution in [-0.4, -0.2) is 101 Å². The Balaban J connectivity index is 1.64. The number of aryl methyl sites for hydroxylation is 1. The second-order valence-corrected chi connectivity index (χ2v) is 10.5. The van der Waals surface area contributed by atoms with Crippen LogP contribution in [0.25, 0.3) is 5.69 Å². The zero-order valence-corrected chi connectivity index (χ0v) is 24.3. The number of halogens is 2. The fourth-order valence-corrected chi connectivity index (χ4v) is 4.45. The maximum Gasteiger partial charge on any atom is 0.361 e. The highest BCUT2D eigenvalue weighted by Gasteiger charge is 2.25. The fourth-order valence-electron chi connectivity index (χ4n) is 4.02. The minimum absolute atomic E-state index is 0.0683.